The maximum absolute atomic E-state index is 13.6. The maximum atomic E-state index is 13.6. The fourth-order valence-electron chi connectivity index (χ4n) is 5.79. The third-order valence-electron chi connectivity index (χ3n) is 9.02. The van der Waals surface area contributed by atoms with Gasteiger partial charge in [0.25, 0.3) is 11.8 Å². The van der Waals surface area contributed by atoms with Gasteiger partial charge in [-0.05, 0) is 89.3 Å². The molecule has 6 rings (SSSR count). The second-order valence-electron chi connectivity index (χ2n) is 15.6. The number of benzene rings is 2. The number of carbonyl (C=O) groups is 2. The van der Waals surface area contributed by atoms with E-state index in [2.05, 4.69) is 24.4 Å². The number of aromatic nitrogens is 2. The van der Waals surface area contributed by atoms with E-state index in [4.69, 9.17) is 19.2 Å². The Morgan fingerprint density at radius 1 is 1.00 bits per heavy atom. The summed E-state index contributed by atoms with van der Waals surface area (Å²) >= 11 is 0. The van der Waals surface area contributed by atoms with Crippen molar-refractivity contribution >= 4 is 41.9 Å². The van der Waals surface area contributed by atoms with Crippen molar-refractivity contribution in [3.05, 3.63) is 65.0 Å². The molecule has 0 radical (unpaired) electrons. The zero-order valence-corrected chi connectivity index (χ0v) is 31.1. The largest absolute Gasteiger partial charge is 0.376 e. The zero-order valence-electron chi connectivity index (χ0n) is 29.3. The highest BCUT2D eigenvalue weighted by atomic mass is 32.2. The Morgan fingerprint density at radius 2 is 1.65 bits per heavy atom. The molecule has 2 saturated carbocycles. The average Bonchev–Trinajstić information content (AvgIpc) is 3.96. The molecule has 48 heavy (non-hydrogen) atoms. The second-order valence-corrected chi connectivity index (χ2v) is 23.2. The lowest BCUT2D eigenvalue weighted by atomic mass is 10.0. The summed E-state index contributed by atoms with van der Waals surface area (Å²) in [7, 11) is -2.71. The Hall–Kier alpha value is -2.74. The summed E-state index contributed by atoms with van der Waals surface area (Å²) in [6.07, 6.45) is 4.02. The third kappa shape index (κ3) is 8.00. The SMILES string of the molecule is C[C@@H](OC1CC1)[C@H](NS(=O)C(C)(C)C)c1nc2cc([C@@H](COC3CC3)N3C(=O)c4ccccc4C3=O)ccc2n1COCC[Si](C)(C)C. The topological polar surface area (TPSA) is 112 Å². The molecule has 2 fully saturated rings. The molecule has 0 bridgehead atoms. The molecule has 0 saturated heterocycles. The molecule has 260 valence electrons. The highest BCUT2D eigenvalue weighted by Gasteiger charge is 2.42. The molecule has 0 spiro atoms. The summed E-state index contributed by atoms with van der Waals surface area (Å²) in [6, 6.07) is 12.8. The molecule has 2 aromatic carbocycles. The summed E-state index contributed by atoms with van der Waals surface area (Å²) in [6.45, 7) is 15.9. The van der Waals surface area contributed by atoms with E-state index >= 15 is 0 Å². The van der Waals surface area contributed by atoms with Crippen molar-refractivity contribution in [3.8, 4) is 0 Å². The van der Waals surface area contributed by atoms with Crippen LogP contribution in [0.4, 0.5) is 0 Å². The number of carbonyl (C=O) groups excluding carboxylic acids is 2. The molecule has 10 nitrogen and oxygen atoms in total. The Labute approximate surface area is 287 Å². The summed E-state index contributed by atoms with van der Waals surface area (Å²) in [5.41, 5.74) is 3.12. The molecule has 1 aliphatic heterocycles. The van der Waals surface area contributed by atoms with Crippen LogP contribution in [0.2, 0.25) is 25.7 Å². The van der Waals surface area contributed by atoms with Gasteiger partial charge in [-0.15, -0.1) is 0 Å². The predicted molar refractivity (Wildman–Crippen MR) is 190 cm³/mol. The van der Waals surface area contributed by atoms with E-state index in [0.717, 1.165) is 42.8 Å². The number of nitrogens with zero attached hydrogens (tertiary/aromatic N) is 3. The molecule has 2 aliphatic carbocycles. The van der Waals surface area contributed by atoms with Gasteiger partial charge in [-0.3, -0.25) is 14.5 Å². The Morgan fingerprint density at radius 3 is 2.23 bits per heavy atom. The lowest BCUT2D eigenvalue weighted by Crippen LogP contribution is -2.41. The van der Waals surface area contributed by atoms with E-state index in [0.29, 0.717) is 29.1 Å². The van der Waals surface area contributed by atoms with Gasteiger partial charge >= 0.3 is 0 Å². The van der Waals surface area contributed by atoms with Gasteiger partial charge in [-0.25, -0.2) is 13.9 Å². The Bertz CT molecular complexity index is 1650. The van der Waals surface area contributed by atoms with E-state index in [1.165, 1.54) is 4.90 Å². The highest BCUT2D eigenvalue weighted by molar-refractivity contribution is 7.84. The van der Waals surface area contributed by atoms with Crippen molar-refractivity contribution in [2.75, 3.05) is 13.2 Å². The molecule has 4 atom stereocenters. The lowest BCUT2D eigenvalue weighted by Gasteiger charge is -2.29. The van der Waals surface area contributed by atoms with Crippen LogP contribution in [0.15, 0.2) is 42.5 Å². The first kappa shape index (κ1) is 35.1. The molecule has 2 amide bonds. The summed E-state index contributed by atoms with van der Waals surface area (Å²) < 4.78 is 37.2. The zero-order chi connectivity index (χ0) is 34.4. The molecule has 2 heterocycles. The van der Waals surface area contributed by atoms with Gasteiger partial charge in [0, 0.05) is 14.7 Å². The van der Waals surface area contributed by atoms with Crippen LogP contribution in [-0.4, -0.2) is 74.8 Å². The minimum Gasteiger partial charge on any atom is -0.376 e. The van der Waals surface area contributed by atoms with Crippen LogP contribution < -0.4 is 4.72 Å². The Balaban J connectivity index is 1.39. The van der Waals surface area contributed by atoms with Crippen LogP contribution in [0.25, 0.3) is 11.0 Å². The molecular weight excluding hydrogens is 645 g/mol. The smallest absolute Gasteiger partial charge is 0.262 e. The van der Waals surface area contributed by atoms with Crippen molar-refractivity contribution in [1.82, 2.24) is 19.2 Å². The van der Waals surface area contributed by atoms with Gasteiger partial charge in [0.15, 0.2) is 0 Å². The first-order chi connectivity index (χ1) is 22.7. The first-order valence-corrected chi connectivity index (χ1v) is 22.1. The summed E-state index contributed by atoms with van der Waals surface area (Å²) in [4.78, 5) is 33.8. The third-order valence-corrected chi connectivity index (χ3v) is 12.3. The number of imidazole rings is 1. The fraction of sp³-hybridized carbons (Fsp3) is 0.583. The number of imide groups is 1. The highest BCUT2D eigenvalue weighted by Crippen LogP contribution is 2.36. The molecular formula is C36H50N4O6SSi. The van der Waals surface area contributed by atoms with Crippen molar-refractivity contribution in [3.63, 3.8) is 0 Å². The summed E-state index contributed by atoms with van der Waals surface area (Å²) in [5.74, 6) is 0.0385. The van der Waals surface area contributed by atoms with E-state index < -0.39 is 35.9 Å². The van der Waals surface area contributed by atoms with Gasteiger partial charge < -0.3 is 18.8 Å². The van der Waals surface area contributed by atoms with Crippen molar-refractivity contribution < 1.29 is 28.0 Å². The molecule has 12 heteroatoms. The second kappa shape index (κ2) is 13.9. The van der Waals surface area contributed by atoms with Crippen LogP contribution in [0.1, 0.15) is 97.6 Å². The summed E-state index contributed by atoms with van der Waals surface area (Å²) in [5, 5.41) is 0. The fourth-order valence-corrected chi connectivity index (χ4v) is 7.43. The van der Waals surface area contributed by atoms with Crippen molar-refractivity contribution in [2.24, 2.45) is 0 Å². The van der Waals surface area contributed by atoms with Crippen molar-refractivity contribution in [2.45, 2.75) is 121 Å². The van der Waals surface area contributed by atoms with Gasteiger partial charge in [-0.2, -0.15) is 0 Å². The van der Waals surface area contributed by atoms with E-state index in [-0.39, 0.29) is 43.5 Å². The number of ether oxygens (including phenoxy) is 3. The van der Waals surface area contributed by atoms with Crippen LogP contribution in [-0.2, 0) is 31.9 Å². The average molecular weight is 695 g/mol. The minimum atomic E-state index is -1.39. The number of rotatable bonds is 16. The predicted octanol–water partition coefficient (Wildman–Crippen LogP) is 6.53. The van der Waals surface area contributed by atoms with Crippen LogP contribution >= 0.6 is 0 Å². The molecule has 1 unspecified atom stereocenters. The molecule has 1 N–H and O–H groups in total. The van der Waals surface area contributed by atoms with E-state index in [9.17, 15) is 13.8 Å². The molecule has 3 aliphatic rings. The maximum Gasteiger partial charge on any atom is 0.262 e. The minimum absolute atomic E-state index is 0.147. The normalized spacial score (nSPS) is 19.5. The van der Waals surface area contributed by atoms with E-state index in [1.54, 1.807) is 24.3 Å². The lowest BCUT2D eigenvalue weighted by molar-refractivity contribution is 0.0258. The quantitative estimate of drug-likeness (QED) is 0.103. The molecule has 1 aromatic heterocycles. The van der Waals surface area contributed by atoms with Gasteiger partial charge in [0.05, 0.1) is 68.9 Å². The van der Waals surface area contributed by atoms with E-state index in [1.807, 2.05) is 50.5 Å². The number of hydrogen-bond donors (Lipinski definition) is 1. The van der Waals surface area contributed by atoms with Crippen LogP contribution in [0.5, 0.6) is 0 Å². The van der Waals surface area contributed by atoms with Gasteiger partial charge in [0.1, 0.15) is 18.6 Å². The Kier molecular flexibility index (Phi) is 10.1. The number of fused-ring (bicyclic) bond motifs is 2. The van der Waals surface area contributed by atoms with Crippen LogP contribution in [0, 0.1) is 0 Å². The van der Waals surface area contributed by atoms with Crippen molar-refractivity contribution in [1.29, 1.82) is 0 Å². The van der Waals surface area contributed by atoms with Gasteiger partial charge in [-0.1, -0.05) is 37.8 Å². The molecule has 3 aromatic rings. The first-order valence-electron chi connectivity index (χ1n) is 17.2. The van der Waals surface area contributed by atoms with Gasteiger partial charge in [0.2, 0.25) is 0 Å². The van der Waals surface area contributed by atoms with Crippen LogP contribution in [0.3, 0.4) is 0 Å². The number of amides is 2. The number of hydrogen-bond acceptors (Lipinski definition) is 7. The number of nitrogens with one attached hydrogen (secondary N) is 1. The standard InChI is InChI=1S/C36H50N4O6SSi/c1-23(46-26-15-16-26)32(38-47(43)36(2,3)4)33-37-29-20-24(12-17-30(29)39(33)22-44-18-19-48(5,6)7)31(21-45-25-13-14-25)40-34(41)27-10-8-9-11-28(27)35(40)42/h8-12,17,20,23,25-26,31-32,38H,13-16,18-19,21-22H2,1-7H3/t23-,31-,32+,47?/m1/s1. The monoisotopic (exact) mass is 694 g/mol.